The van der Waals surface area contributed by atoms with Crippen LogP contribution in [-0.4, -0.2) is 5.11 Å². The zero-order valence-electron chi connectivity index (χ0n) is 10.4. The third-order valence-corrected chi connectivity index (χ3v) is 4.00. The quantitative estimate of drug-likeness (QED) is 0.811. The largest absolute Gasteiger partial charge is 0.508 e. The van der Waals surface area contributed by atoms with E-state index in [2.05, 4.69) is 19.9 Å². The van der Waals surface area contributed by atoms with E-state index in [9.17, 15) is 5.11 Å². The lowest BCUT2D eigenvalue weighted by Crippen LogP contribution is -2.14. The highest BCUT2D eigenvalue weighted by Crippen LogP contribution is 2.36. The van der Waals surface area contributed by atoms with Gasteiger partial charge in [-0.1, -0.05) is 39.2 Å². The molecule has 0 bridgehead atoms. The molecule has 0 radical (unpaired) electrons. The molecule has 0 fully saturated rings. The van der Waals surface area contributed by atoms with E-state index in [1.54, 1.807) is 0 Å². The third-order valence-electron chi connectivity index (χ3n) is 4.00. The molecule has 1 aliphatic carbocycles. The van der Waals surface area contributed by atoms with Gasteiger partial charge in [0, 0.05) is 0 Å². The van der Waals surface area contributed by atoms with E-state index in [-0.39, 0.29) is 0 Å². The minimum absolute atomic E-state index is 0.419. The van der Waals surface area contributed by atoms with Crippen LogP contribution in [0.3, 0.4) is 0 Å². The Kier molecular flexibility index (Phi) is 3.52. The molecule has 0 saturated carbocycles. The van der Waals surface area contributed by atoms with Crippen LogP contribution in [0.25, 0.3) is 0 Å². The van der Waals surface area contributed by atoms with Crippen molar-refractivity contribution < 1.29 is 5.11 Å². The molecule has 0 heterocycles. The second-order valence-corrected chi connectivity index (χ2v) is 5.08. The summed E-state index contributed by atoms with van der Waals surface area (Å²) in [5.74, 6) is 2.09. The van der Waals surface area contributed by atoms with Crippen molar-refractivity contribution in [3.63, 3.8) is 0 Å². The van der Waals surface area contributed by atoms with Crippen molar-refractivity contribution in [2.75, 3.05) is 0 Å². The van der Waals surface area contributed by atoms with Gasteiger partial charge in [0.1, 0.15) is 5.75 Å². The SMILES string of the molecule is CCCC(CC)C1Cc2ccc(O)cc2C1. The average molecular weight is 218 g/mol. The van der Waals surface area contributed by atoms with Crippen molar-refractivity contribution in [3.8, 4) is 5.75 Å². The van der Waals surface area contributed by atoms with Crippen molar-refractivity contribution in [1.82, 2.24) is 0 Å². The molecule has 0 spiro atoms. The zero-order valence-corrected chi connectivity index (χ0v) is 10.4. The molecule has 1 nitrogen and oxygen atoms in total. The summed E-state index contributed by atoms with van der Waals surface area (Å²) in [6.45, 7) is 4.58. The lowest BCUT2D eigenvalue weighted by molar-refractivity contribution is 0.311. The molecule has 2 unspecified atom stereocenters. The maximum atomic E-state index is 9.48. The highest BCUT2D eigenvalue weighted by atomic mass is 16.3. The number of rotatable bonds is 4. The highest BCUT2D eigenvalue weighted by Gasteiger charge is 2.27. The van der Waals surface area contributed by atoms with Crippen LogP contribution < -0.4 is 0 Å². The lowest BCUT2D eigenvalue weighted by atomic mass is 9.84. The van der Waals surface area contributed by atoms with E-state index in [1.807, 2.05) is 12.1 Å². The molecule has 0 aliphatic heterocycles. The number of hydrogen-bond donors (Lipinski definition) is 1. The first-order chi connectivity index (χ1) is 7.74. The van der Waals surface area contributed by atoms with Crippen LogP contribution in [0.1, 0.15) is 44.2 Å². The second-order valence-electron chi connectivity index (χ2n) is 5.08. The van der Waals surface area contributed by atoms with Gasteiger partial charge in [-0.15, -0.1) is 0 Å². The summed E-state index contributed by atoms with van der Waals surface area (Å²) in [4.78, 5) is 0. The number of hydrogen-bond acceptors (Lipinski definition) is 1. The summed E-state index contributed by atoms with van der Waals surface area (Å²) in [6.07, 6.45) is 6.31. The summed E-state index contributed by atoms with van der Waals surface area (Å²) in [5, 5.41) is 9.48. The first-order valence-electron chi connectivity index (χ1n) is 6.55. The molecule has 0 amide bonds. The van der Waals surface area contributed by atoms with Crippen LogP contribution in [0.4, 0.5) is 0 Å². The van der Waals surface area contributed by atoms with Gasteiger partial charge in [0.2, 0.25) is 0 Å². The predicted molar refractivity (Wildman–Crippen MR) is 67.7 cm³/mol. The van der Waals surface area contributed by atoms with Crippen LogP contribution in [0.2, 0.25) is 0 Å². The van der Waals surface area contributed by atoms with Gasteiger partial charge >= 0.3 is 0 Å². The van der Waals surface area contributed by atoms with Crippen LogP contribution >= 0.6 is 0 Å². The molecule has 0 aromatic heterocycles. The predicted octanol–water partition coefficient (Wildman–Crippen LogP) is 3.93. The fourth-order valence-electron chi connectivity index (χ4n) is 3.12. The van der Waals surface area contributed by atoms with E-state index < -0.39 is 0 Å². The summed E-state index contributed by atoms with van der Waals surface area (Å²) in [7, 11) is 0. The van der Waals surface area contributed by atoms with E-state index >= 15 is 0 Å². The Morgan fingerprint density at radius 1 is 1.25 bits per heavy atom. The minimum Gasteiger partial charge on any atom is -0.508 e. The van der Waals surface area contributed by atoms with Gasteiger partial charge in [-0.2, -0.15) is 0 Å². The van der Waals surface area contributed by atoms with Gasteiger partial charge in [0.25, 0.3) is 0 Å². The Balaban J connectivity index is 2.09. The third kappa shape index (κ3) is 2.23. The fourth-order valence-corrected chi connectivity index (χ4v) is 3.12. The van der Waals surface area contributed by atoms with Gasteiger partial charge < -0.3 is 5.11 Å². The van der Waals surface area contributed by atoms with Gasteiger partial charge in [-0.3, -0.25) is 0 Å². The average Bonchev–Trinajstić information content (AvgIpc) is 2.68. The van der Waals surface area contributed by atoms with Gasteiger partial charge in [-0.25, -0.2) is 0 Å². The Morgan fingerprint density at radius 2 is 2.00 bits per heavy atom. The standard InChI is InChI=1S/C15H22O/c1-3-5-11(4-2)13-8-12-6-7-15(16)10-14(12)9-13/h6-7,10-11,13,16H,3-5,8-9H2,1-2H3. The number of benzene rings is 1. The molecule has 1 N–H and O–H groups in total. The fraction of sp³-hybridized carbons (Fsp3) is 0.600. The Hall–Kier alpha value is -0.980. The van der Waals surface area contributed by atoms with Crippen molar-refractivity contribution in [3.05, 3.63) is 29.3 Å². The lowest BCUT2D eigenvalue weighted by Gasteiger charge is -2.21. The molecule has 1 aromatic rings. The topological polar surface area (TPSA) is 20.2 Å². The summed E-state index contributed by atoms with van der Waals surface area (Å²) >= 11 is 0. The molecule has 1 aliphatic rings. The zero-order chi connectivity index (χ0) is 11.5. The molecule has 88 valence electrons. The Labute approximate surface area is 98.5 Å². The van der Waals surface area contributed by atoms with E-state index in [0.717, 1.165) is 11.8 Å². The van der Waals surface area contributed by atoms with E-state index in [1.165, 1.54) is 43.2 Å². The molecular formula is C15H22O. The van der Waals surface area contributed by atoms with Crippen molar-refractivity contribution in [2.45, 2.75) is 46.0 Å². The molecule has 1 heteroatoms. The number of aromatic hydroxyl groups is 1. The van der Waals surface area contributed by atoms with Crippen molar-refractivity contribution in [1.29, 1.82) is 0 Å². The maximum absolute atomic E-state index is 9.48. The molecular weight excluding hydrogens is 196 g/mol. The maximum Gasteiger partial charge on any atom is 0.115 e. The van der Waals surface area contributed by atoms with Crippen LogP contribution in [0, 0.1) is 11.8 Å². The monoisotopic (exact) mass is 218 g/mol. The molecule has 2 rings (SSSR count). The van der Waals surface area contributed by atoms with Gasteiger partial charge in [-0.05, 0) is 47.9 Å². The van der Waals surface area contributed by atoms with E-state index in [4.69, 9.17) is 0 Å². The van der Waals surface area contributed by atoms with Gasteiger partial charge in [0.15, 0.2) is 0 Å². The number of phenols is 1. The minimum atomic E-state index is 0.419. The van der Waals surface area contributed by atoms with Crippen molar-refractivity contribution >= 4 is 0 Å². The van der Waals surface area contributed by atoms with Crippen LogP contribution in [0.5, 0.6) is 5.75 Å². The first kappa shape index (κ1) is 11.5. The summed E-state index contributed by atoms with van der Waals surface area (Å²) in [6, 6.07) is 5.87. The van der Waals surface area contributed by atoms with Crippen molar-refractivity contribution in [2.24, 2.45) is 11.8 Å². The van der Waals surface area contributed by atoms with Gasteiger partial charge in [0.05, 0.1) is 0 Å². The number of phenolic OH excluding ortho intramolecular Hbond substituents is 1. The highest BCUT2D eigenvalue weighted by molar-refractivity contribution is 5.38. The first-order valence-corrected chi connectivity index (χ1v) is 6.55. The normalized spacial score (nSPS) is 20.8. The van der Waals surface area contributed by atoms with Crippen LogP contribution in [-0.2, 0) is 12.8 Å². The smallest absolute Gasteiger partial charge is 0.115 e. The summed E-state index contributed by atoms with van der Waals surface area (Å²) < 4.78 is 0. The number of fused-ring (bicyclic) bond motifs is 1. The second kappa shape index (κ2) is 4.90. The molecule has 1 aromatic carbocycles. The molecule has 0 saturated heterocycles. The Bertz CT molecular complexity index is 356. The molecule has 16 heavy (non-hydrogen) atoms. The van der Waals surface area contributed by atoms with E-state index in [0.29, 0.717) is 5.75 Å². The summed E-state index contributed by atoms with van der Waals surface area (Å²) in [5.41, 5.74) is 2.83. The van der Waals surface area contributed by atoms with Crippen LogP contribution in [0.15, 0.2) is 18.2 Å². The Morgan fingerprint density at radius 3 is 2.69 bits per heavy atom. The molecule has 2 atom stereocenters.